The van der Waals surface area contributed by atoms with Crippen LogP contribution in [0.15, 0.2) is 0 Å². The minimum absolute atomic E-state index is 0.0939. The van der Waals surface area contributed by atoms with Gasteiger partial charge in [-0.15, -0.1) is 0 Å². The first-order valence-electron chi connectivity index (χ1n) is 5.05. The molecule has 0 heterocycles. The van der Waals surface area contributed by atoms with Crippen LogP contribution in [0.4, 0.5) is 0 Å². The highest BCUT2D eigenvalue weighted by atomic mass is 16.4. The molecule has 0 aromatic carbocycles. The molecule has 0 rings (SSSR count). The maximum Gasteiger partial charge on any atom is 0.394 e. The van der Waals surface area contributed by atoms with E-state index < -0.39 is 11.9 Å². The van der Waals surface area contributed by atoms with Crippen LogP contribution in [0.2, 0.25) is 0 Å². The molecule has 0 unspecified atom stereocenters. The summed E-state index contributed by atoms with van der Waals surface area (Å²) in [7, 11) is 0. The molecule has 0 saturated carbocycles. The van der Waals surface area contributed by atoms with Gasteiger partial charge in [0.2, 0.25) is 0 Å². The van der Waals surface area contributed by atoms with Gasteiger partial charge in [-0.2, -0.15) is 0 Å². The molecule has 0 saturated heterocycles. The lowest BCUT2D eigenvalue weighted by Crippen LogP contribution is -2.39. The van der Waals surface area contributed by atoms with E-state index in [2.05, 4.69) is 26.1 Å². The number of aliphatic carboxylic acids is 1. The second-order valence-corrected chi connectivity index (χ2v) is 5.89. The van der Waals surface area contributed by atoms with Gasteiger partial charge in [-0.3, -0.25) is 4.79 Å². The van der Waals surface area contributed by atoms with Crippen LogP contribution in [-0.4, -0.2) is 23.5 Å². The first-order valence-corrected chi connectivity index (χ1v) is 5.05. The molecule has 4 heteroatoms. The fourth-order valence-electron chi connectivity index (χ4n) is 1.89. The first kappa shape index (κ1) is 13.9. The van der Waals surface area contributed by atoms with Crippen molar-refractivity contribution >= 4 is 11.9 Å². The highest BCUT2D eigenvalue weighted by Crippen LogP contribution is 2.32. The van der Waals surface area contributed by atoms with Gasteiger partial charge < -0.3 is 10.4 Å². The van der Waals surface area contributed by atoms with Gasteiger partial charge in [0.05, 0.1) is 0 Å². The summed E-state index contributed by atoms with van der Waals surface area (Å²) in [6.07, 6.45) is 0.917. The number of carboxylic acids is 1. The van der Waals surface area contributed by atoms with Gasteiger partial charge in [0.15, 0.2) is 0 Å². The Morgan fingerprint density at radius 2 is 1.60 bits per heavy atom. The Morgan fingerprint density at radius 1 is 1.13 bits per heavy atom. The summed E-state index contributed by atoms with van der Waals surface area (Å²) in [4.78, 5) is 21.1. The monoisotopic (exact) mass is 215 g/mol. The average Bonchev–Trinajstić information content (AvgIpc) is 1.95. The van der Waals surface area contributed by atoms with Crippen LogP contribution < -0.4 is 5.32 Å². The summed E-state index contributed by atoms with van der Waals surface area (Å²) in [5.74, 6) is -2.36. The third kappa shape index (κ3) is 6.94. The Kier molecular flexibility index (Phi) is 4.31. The zero-order valence-corrected chi connectivity index (χ0v) is 10.2. The number of hydrogen-bond acceptors (Lipinski definition) is 2. The van der Waals surface area contributed by atoms with Crippen molar-refractivity contribution in [1.82, 2.24) is 5.32 Å². The standard InChI is InChI=1S/C11H21NO3/c1-10(2,3)6-11(4,5)7-12-8(13)9(14)15/h6-7H2,1-5H3,(H,12,13)(H,14,15). The van der Waals surface area contributed by atoms with Crippen molar-refractivity contribution in [3.63, 3.8) is 0 Å². The number of carbonyl (C=O) groups is 2. The van der Waals surface area contributed by atoms with Crippen LogP contribution in [0.25, 0.3) is 0 Å². The fourth-order valence-corrected chi connectivity index (χ4v) is 1.89. The maximum atomic E-state index is 10.8. The second-order valence-electron chi connectivity index (χ2n) is 5.89. The van der Waals surface area contributed by atoms with E-state index in [0.717, 1.165) is 6.42 Å². The van der Waals surface area contributed by atoms with Crippen molar-refractivity contribution in [3.05, 3.63) is 0 Å². The van der Waals surface area contributed by atoms with Gasteiger partial charge in [-0.05, 0) is 17.3 Å². The number of nitrogens with one attached hydrogen (secondary N) is 1. The molecule has 15 heavy (non-hydrogen) atoms. The number of amides is 1. The number of carboxylic acid groups (broad SMARTS) is 1. The van der Waals surface area contributed by atoms with Crippen LogP contribution >= 0.6 is 0 Å². The molecular formula is C11H21NO3. The molecule has 0 radical (unpaired) electrons. The normalized spacial score (nSPS) is 12.3. The van der Waals surface area contributed by atoms with E-state index in [1.165, 1.54) is 0 Å². The molecule has 4 nitrogen and oxygen atoms in total. The van der Waals surface area contributed by atoms with Crippen LogP contribution in [0.1, 0.15) is 41.0 Å². The van der Waals surface area contributed by atoms with E-state index in [1.54, 1.807) is 0 Å². The Morgan fingerprint density at radius 3 is 1.93 bits per heavy atom. The highest BCUT2D eigenvalue weighted by Gasteiger charge is 2.26. The molecular weight excluding hydrogens is 194 g/mol. The first-order chi connectivity index (χ1) is 6.53. The van der Waals surface area contributed by atoms with Gasteiger partial charge in [0, 0.05) is 6.54 Å². The predicted octanol–water partition coefficient (Wildman–Crippen LogP) is 1.65. The summed E-state index contributed by atoms with van der Waals surface area (Å²) in [6, 6.07) is 0. The smallest absolute Gasteiger partial charge is 0.394 e. The lowest BCUT2D eigenvalue weighted by molar-refractivity contribution is -0.150. The summed E-state index contributed by atoms with van der Waals surface area (Å²) < 4.78 is 0. The Labute approximate surface area is 91.1 Å². The zero-order chi connectivity index (χ0) is 12.3. The molecule has 0 aliphatic rings. The van der Waals surface area contributed by atoms with Crippen molar-refractivity contribution in [2.75, 3.05) is 6.54 Å². The fraction of sp³-hybridized carbons (Fsp3) is 0.818. The van der Waals surface area contributed by atoms with Crippen molar-refractivity contribution in [2.24, 2.45) is 10.8 Å². The quantitative estimate of drug-likeness (QED) is 0.703. The number of carbonyl (C=O) groups excluding carboxylic acids is 1. The molecule has 0 aliphatic heterocycles. The summed E-state index contributed by atoms with van der Waals surface area (Å²) in [6.45, 7) is 10.8. The lowest BCUT2D eigenvalue weighted by Gasteiger charge is -2.32. The third-order valence-electron chi connectivity index (χ3n) is 1.93. The van der Waals surface area contributed by atoms with Crippen molar-refractivity contribution < 1.29 is 14.7 Å². The van der Waals surface area contributed by atoms with Crippen molar-refractivity contribution in [3.8, 4) is 0 Å². The zero-order valence-electron chi connectivity index (χ0n) is 10.2. The van der Waals surface area contributed by atoms with E-state index in [1.807, 2.05) is 13.8 Å². The van der Waals surface area contributed by atoms with E-state index in [9.17, 15) is 9.59 Å². The second kappa shape index (κ2) is 4.64. The Balaban J connectivity index is 4.16. The minimum Gasteiger partial charge on any atom is -0.474 e. The summed E-state index contributed by atoms with van der Waals surface area (Å²) in [5, 5.41) is 10.8. The molecule has 2 N–H and O–H groups in total. The molecule has 0 aliphatic carbocycles. The topological polar surface area (TPSA) is 66.4 Å². The minimum atomic E-state index is -1.43. The predicted molar refractivity (Wildman–Crippen MR) is 58.5 cm³/mol. The van der Waals surface area contributed by atoms with Crippen molar-refractivity contribution in [2.45, 2.75) is 41.0 Å². The molecule has 88 valence electrons. The van der Waals surface area contributed by atoms with E-state index in [4.69, 9.17) is 5.11 Å². The van der Waals surface area contributed by atoms with E-state index in [0.29, 0.717) is 6.54 Å². The molecule has 0 aromatic rings. The van der Waals surface area contributed by atoms with Crippen LogP contribution in [0.3, 0.4) is 0 Å². The number of hydrogen-bond donors (Lipinski definition) is 2. The van der Waals surface area contributed by atoms with Gasteiger partial charge in [-0.25, -0.2) is 4.79 Å². The third-order valence-corrected chi connectivity index (χ3v) is 1.93. The lowest BCUT2D eigenvalue weighted by atomic mass is 9.76. The average molecular weight is 215 g/mol. The molecule has 0 atom stereocenters. The maximum absolute atomic E-state index is 10.8. The van der Waals surface area contributed by atoms with Gasteiger partial charge in [0.1, 0.15) is 0 Å². The van der Waals surface area contributed by atoms with Gasteiger partial charge in [-0.1, -0.05) is 34.6 Å². The van der Waals surface area contributed by atoms with Crippen LogP contribution in [0.5, 0.6) is 0 Å². The Hall–Kier alpha value is -1.06. The van der Waals surface area contributed by atoms with Crippen LogP contribution in [0, 0.1) is 10.8 Å². The van der Waals surface area contributed by atoms with Gasteiger partial charge >= 0.3 is 11.9 Å². The SMILES string of the molecule is CC(C)(C)CC(C)(C)CNC(=O)C(=O)O. The molecule has 1 amide bonds. The Bertz CT molecular complexity index is 251. The summed E-state index contributed by atoms with van der Waals surface area (Å²) in [5.41, 5.74) is 0.0702. The van der Waals surface area contributed by atoms with E-state index in [-0.39, 0.29) is 10.8 Å². The molecule has 0 fully saturated rings. The highest BCUT2D eigenvalue weighted by molar-refractivity contribution is 6.31. The largest absolute Gasteiger partial charge is 0.474 e. The van der Waals surface area contributed by atoms with Gasteiger partial charge in [0.25, 0.3) is 0 Å². The molecule has 0 bridgehead atoms. The number of rotatable bonds is 3. The molecule has 0 spiro atoms. The van der Waals surface area contributed by atoms with Crippen LogP contribution in [-0.2, 0) is 9.59 Å². The summed E-state index contributed by atoms with van der Waals surface area (Å²) >= 11 is 0. The van der Waals surface area contributed by atoms with E-state index >= 15 is 0 Å². The molecule has 0 aromatic heterocycles. The van der Waals surface area contributed by atoms with Crippen molar-refractivity contribution in [1.29, 1.82) is 0 Å².